The molecule has 0 unspecified atom stereocenters. The van der Waals surface area contributed by atoms with Crippen molar-refractivity contribution < 1.29 is 9.59 Å². The van der Waals surface area contributed by atoms with E-state index in [1.54, 1.807) is 7.05 Å². The van der Waals surface area contributed by atoms with Gasteiger partial charge in [0.05, 0.1) is 13.1 Å². The van der Waals surface area contributed by atoms with E-state index in [2.05, 4.69) is 17.1 Å². The van der Waals surface area contributed by atoms with Crippen LogP contribution in [-0.2, 0) is 9.59 Å². The highest BCUT2D eigenvalue weighted by Gasteiger charge is 2.21. The van der Waals surface area contributed by atoms with Gasteiger partial charge >= 0.3 is 0 Å². The van der Waals surface area contributed by atoms with Crippen molar-refractivity contribution in [3.8, 4) is 0 Å². The normalized spacial score (nSPS) is 18.5. The summed E-state index contributed by atoms with van der Waals surface area (Å²) in [6.07, 6.45) is 2.38. The van der Waals surface area contributed by atoms with E-state index in [1.165, 1.54) is 11.3 Å². The van der Waals surface area contributed by atoms with Gasteiger partial charge in [-0.05, 0) is 44.4 Å². The molecule has 0 saturated carbocycles. The molecule has 1 atom stereocenters. The van der Waals surface area contributed by atoms with Crippen molar-refractivity contribution in [3.05, 3.63) is 29.8 Å². The Balaban J connectivity index is 1.78. The van der Waals surface area contributed by atoms with Crippen LogP contribution in [0.2, 0.25) is 0 Å². The van der Waals surface area contributed by atoms with Crippen molar-refractivity contribution >= 4 is 17.5 Å². The molecule has 1 aliphatic heterocycles. The average molecular weight is 317 g/mol. The zero-order valence-corrected chi connectivity index (χ0v) is 14.3. The van der Waals surface area contributed by atoms with Gasteiger partial charge in [0, 0.05) is 19.3 Å². The number of amides is 2. The maximum Gasteiger partial charge on any atom is 0.243 e. The molecule has 1 N–H and O–H groups in total. The molecule has 1 aromatic rings. The first-order valence-corrected chi connectivity index (χ1v) is 8.27. The number of likely N-dealkylation sites (N-methyl/N-ethyl adjacent to an activating group) is 1. The molecule has 126 valence electrons. The number of nitrogens with zero attached hydrogens (tertiary/aromatic N) is 2. The van der Waals surface area contributed by atoms with E-state index < -0.39 is 0 Å². The summed E-state index contributed by atoms with van der Waals surface area (Å²) in [5.41, 5.74) is 1.90. The van der Waals surface area contributed by atoms with E-state index in [0.717, 1.165) is 30.8 Å². The quantitative estimate of drug-likeness (QED) is 0.905. The van der Waals surface area contributed by atoms with E-state index in [-0.39, 0.29) is 18.4 Å². The molecular weight excluding hydrogens is 290 g/mol. The predicted octanol–water partition coefficient (Wildman–Crippen LogP) is 2.12. The molecule has 1 heterocycles. The van der Waals surface area contributed by atoms with Gasteiger partial charge in [0.1, 0.15) is 0 Å². The molecule has 5 nitrogen and oxygen atoms in total. The molecule has 0 spiro atoms. The number of hydrogen-bond donors (Lipinski definition) is 1. The Morgan fingerprint density at radius 3 is 2.65 bits per heavy atom. The number of hydrogen-bond acceptors (Lipinski definition) is 3. The Kier molecular flexibility index (Phi) is 6.16. The molecular formula is C18H27N3O2. The number of likely N-dealkylation sites (tertiary alicyclic amines) is 1. The first kappa shape index (κ1) is 17.5. The highest BCUT2D eigenvalue weighted by atomic mass is 16.2. The van der Waals surface area contributed by atoms with Crippen molar-refractivity contribution in [2.24, 2.45) is 5.92 Å². The van der Waals surface area contributed by atoms with E-state index in [0.29, 0.717) is 12.5 Å². The maximum absolute atomic E-state index is 12.3. The number of benzene rings is 1. The standard InChI is InChI=1S/C18H27N3O2/c1-14-6-8-16(9-7-14)19-17(22)12-20(3)18(23)13-21-10-4-5-15(2)11-21/h6-9,15H,4-5,10-13H2,1-3H3,(H,19,22)/t15-/m0/s1. The van der Waals surface area contributed by atoms with Crippen LogP contribution in [0, 0.1) is 12.8 Å². The summed E-state index contributed by atoms with van der Waals surface area (Å²) < 4.78 is 0. The Hall–Kier alpha value is -1.88. The summed E-state index contributed by atoms with van der Waals surface area (Å²) in [5.74, 6) is 0.474. The second-order valence-electron chi connectivity index (χ2n) is 6.65. The van der Waals surface area contributed by atoms with Crippen LogP contribution in [0.25, 0.3) is 0 Å². The Bertz CT molecular complexity index is 542. The van der Waals surface area contributed by atoms with Gasteiger partial charge in [-0.2, -0.15) is 0 Å². The minimum atomic E-state index is -0.170. The lowest BCUT2D eigenvalue weighted by molar-refractivity contribution is -0.134. The molecule has 0 aromatic heterocycles. The summed E-state index contributed by atoms with van der Waals surface area (Å²) in [6.45, 7) is 6.64. The van der Waals surface area contributed by atoms with Crippen molar-refractivity contribution in [2.75, 3.05) is 38.5 Å². The molecule has 1 aliphatic rings. The Morgan fingerprint density at radius 2 is 2.00 bits per heavy atom. The lowest BCUT2D eigenvalue weighted by Crippen LogP contribution is -2.44. The smallest absolute Gasteiger partial charge is 0.243 e. The van der Waals surface area contributed by atoms with Gasteiger partial charge in [-0.15, -0.1) is 0 Å². The highest BCUT2D eigenvalue weighted by molar-refractivity contribution is 5.94. The number of piperidine rings is 1. The molecule has 1 saturated heterocycles. The summed E-state index contributed by atoms with van der Waals surface area (Å²) in [4.78, 5) is 28.0. The highest BCUT2D eigenvalue weighted by Crippen LogP contribution is 2.15. The number of carbonyl (C=O) groups excluding carboxylic acids is 2. The van der Waals surface area contributed by atoms with Crippen molar-refractivity contribution in [1.82, 2.24) is 9.80 Å². The third-order valence-electron chi connectivity index (χ3n) is 4.24. The zero-order chi connectivity index (χ0) is 16.8. The van der Waals surface area contributed by atoms with Crippen LogP contribution in [0.4, 0.5) is 5.69 Å². The number of anilines is 1. The van der Waals surface area contributed by atoms with Gasteiger partial charge in [0.15, 0.2) is 0 Å². The zero-order valence-electron chi connectivity index (χ0n) is 14.3. The van der Waals surface area contributed by atoms with E-state index in [9.17, 15) is 9.59 Å². The molecule has 0 radical (unpaired) electrons. The van der Waals surface area contributed by atoms with E-state index in [1.807, 2.05) is 31.2 Å². The van der Waals surface area contributed by atoms with Crippen molar-refractivity contribution in [2.45, 2.75) is 26.7 Å². The minimum Gasteiger partial charge on any atom is -0.335 e. The van der Waals surface area contributed by atoms with E-state index in [4.69, 9.17) is 0 Å². The molecule has 0 bridgehead atoms. The fraction of sp³-hybridized carbons (Fsp3) is 0.556. The van der Waals surface area contributed by atoms with Gasteiger partial charge in [-0.3, -0.25) is 14.5 Å². The SMILES string of the molecule is Cc1ccc(NC(=O)CN(C)C(=O)CN2CCC[C@H](C)C2)cc1. The van der Waals surface area contributed by atoms with Gasteiger partial charge in [0.25, 0.3) is 0 Å². The molecule has 1 fully saturated rings. The van der Waals surface area contributed by atoms with Crippen molar-refractivity contribution in [3.63, 3.8) is 0 Å². The van der Waals surface area contributed by atoms with Crippen LogP contribution in [0.15, 0.2) is 24.3 Å². The molecule has 23 heavy (non-hydrogen) atoms. The van der Waals surface area contributed by atoms with Gasteiger partial charge in [-0.1, -0.05) is 24.6 Å². The number of rotatable bonds is 5. The fourth-order valence-electron chi connectivity index (χ4n) is 2.88. The van der Waals surface area contributed by atoms with Crippen LogP contribution in [0.5, 0.6) is 0 Å². The summed E-state index contributed by atoms with van der Waals surface area (Å²) in [7, 11) is 1.68. The second kappa shape index (κ2) is 8.11. The Morgan fingerprint density at radius 1 is 1.30 bits per heavy atom. The third-order valence-corrected chi connectivity index (χ3v) is 4.24. The molecule has 5 heteroatoms. The van der Waals surface area contributed by atoms with Gasteiger partial charge in [-0.25, -0.2) is 0 Å². The number of carbonyl (C=O) groups is 2. The Labute approximate surface area is 138 Å². The monoisotopic (exact) mass is 317 g/mol. The number of nitrogens with one attached hydrogen (secondary N) is 1. The van der Waals surface area contributed by atoms with Gasteiger partial charge in [0.2, 0.25) is 11.8 Å². The molecule has 2 amide bonds. The largest absolute Gasteiger partial charge is 0.335 e. The van der Waals surface area contributed by atoms with Crippen molar-refractivity contribution in [1.29, 1.82) is 0 Å². The fourth-order valence-corrected chi connectivity index (χ4v) is 2.88. The topological polar surface area (TPSA) is 52.7 Å². The minimum absolute atomic E-state index is 0.00171. The maximum atomic E-state index is 12.3. The van der Waals surface area contributed by atoms with Crippen LogP contribution in [-0.4, -0.2) is 54.8 Å². The first-order valence-electron chi connectivity index (χ1n) is 8.27. The summed E-state index contributed by atoms with van der Waals surface area (Å²) in [6, 6.07) is 7.62. The second-order valence-corrected chi connectivity index (χ2v) is 6.65. The lowest BCUT2D eigenvalue weighted by Gasteiger charge is -2.31. The summed E-state index contributed by atoms with van der Waals surface area (Å²) >= 11 is 0. The molecule has 2 rings (SSSR count). The van der Waals surface area contributed by atoms with Crippen LogP contribution in [0.1, 0.15) is 25.3 Å². The van der Waals surface area contributed by atoms with Crippen LogP contribution < -0.4 is 5.32 Å². The van der Waals surface area contributed by atoms with Crippen LogP contribution in [0.3, 0.4) is 0 Å². The number of aryl methyl sites for hydroxylation is 1. The van der Waals surface area contributed by atoms with Gasteiger partial charge < -0.3 is 10.2 Å². The molecule has 0 aliphatic carbocycles. The first-order chi connectivity index (χ1) is 10.9. The molecule has 1 aromatic carbocycles. The van der Waals surface area contributed by atoms with E-state index >= 15 is 0 Å². The van der Waals surface area contributed by atoms with Crippen LogP contribution >= 0.6 is 0 Å². The predicted molar refractivity (Wildman–Crippen MR) is 92.3 cm³/mol. The third kappa shape index (κ3) is 5.67. The lowest BCUT2D eigenvalue weighted by atomic mass is 10.0. The average Bonchev–Trinajstić information content (AvgIpc) is 2.49. The summed E-state index contributed by atoms with van der Waals surface area (Å²) in [5, 5.41) is 2.82.